The molecule has 9 nitrogen and oxygen atoms in total. The molecule has 2 heterocycles. The summed E-state index contributed by atoms with van der Waals surface area (Å²) in [4.78, 5) is 22.1. The molecule has 1 aliphatic heterocycles. The van der Waals surface area contributed by atoms with Crippen LogP contribution in [0.1, 0.15) is 31.0 Å². The number of aliphatic hydroxyl groups is 3. The van der Waals surface area contributed by atoms with Crippen molar-refractivity contribution >= 4 is 23.2 Å². The van der Waals surface area contributed by atoms with E-state index in [-0.39, 0.29) is 15.3 Å². The lowest BCUT2D eigenvalue weighted by Gasteiger charge is -2.15. The maximum atomic E-state index is 11.4. The number of hydrogen-bond donors (Lipinski definition) is 6. The number of ether oxygens (including phenoxy) is 1. The highest BCUT2D eigenvalue weighted by atomic mass is 32.1. The summed E-state index contributed by atoms with van der Waals surface area (Å²) in [5.74, 6) is -2.55. The normalized spacial score (nSPS) is 28.7. The number of rotatable bonds is 4. The van der Waals surface area contributed by atoms with E-state index in [9.17, 15) is 24.9 Å². The van der Waals surface area contributed by atoms with Gasteiger partial charge in [0.15, 0.2) is 0 Å². The third-order valence-corrected chi connectivity index (χ3v) is 4.42. The molecular formula is C11H14N2O7S. The van der Waals surface area contributed by atoms with Gasteiger partial charge < -0.3 is 36.6 Å². The highest BCUT2D eigenvalue weighted by molar-refractivity contribution is 7.16. The molecule has 0 aliphatic carbocycles. The molecule has 0 unspecified atom stereocenters. The van der Waals surface area contributed by atoms with Crippen LogP contribution in [0, 0.1) is 0 Å². The summed E-state index contributed by atoms with van der Waals surface area (Å²) in [5, 5.41) is 38.7. The van der Waals surface area contributed by atoms with Crippen LogP contribution in [0.15, 0.2) is 0 Å². The minimum Gasteiger partial charge on any atom is -0.506 e. The quantitative estimate of drug-likeness (QED) is 0.365. The summed E-state index contributed by atoms with van der Waals surface area (Å²) in [6.07, 6.45) is -5.34. The third-order valence-electron chi connectivity index (χ3n) is 3.19. The van der Waals surface area contributed by atoms with Gasteiger partial charge in [0.1, 0.15) is 39.9 Å². The van der Waals surface area contributed by atoms with Crippen LogP contribution in [0.5, 0.6) is 5.75 Å². The van der Waals surface area contributed by atoms with E-state index in [0.717, 1.165) is 0 Å². The summed E-state index contributed by atoms with van der Waals surface area (Å²) in [5.41, 5.74) is 10.0. The average Bonchev–Trinajstić information content (AvgIpc) is 2.89. The summed E-state index contributed by atoms with van der Waals surface area (Å²) in [6, 6.07) is 0. The van der Waals surface area contributed by atoms with E-state index >= 15 is 0 Å². The molecule has 1 fully saturated rings. The zero-order valence-electron chi connectivity index (χ0n) is 10.6. The van der Waals surface area contributed by atoms with Crippen molar-refractivity contribution in [3.8, 4) is 5.75 Å². The second-order valence-electron chi connectivity index (χ2n) is 4.51. The Morgan fingerprint density at radius 2 is 1.71 bits per heavy atom. The largest absolute Gasteiger partial charge is 0.506 e. The Kier molecular flexibility index (Phi) is 4.16. The maximum absolute atomic E-state index is 11.4. The molecule has 4 atom stereocenters. The number of carbonyl (C=O) groups is 2. The lowest BCUT2D eigenvalue weighted by molar-refractivity contribution is -0.0233. The Labute approximate surface area is 122 Å². The molecular weight excluding hydrogens is 304 g/mol. The molecule has 1 saturated heterocycles. The minimum atomic E-state index is -1.51. The van der Waals surface area contributed by atoms with Gasteiger partial charge in [-0.3, -0.25) is 9.59 Å². The van der Waals surface area contributed by atoms with Crippen LogP contribution in [-0.2, 0) is 4.74 Å². The first kappa shape index (κ1) is 15.7. The van der Waals surface area contributed by atoms with Gasteiger partial charge in [-0.1, -0.05) is 0 Å². The molecule has 116 valence electrons. The zero-order valence-corrected chi connectivity index (χ0v) is 11.4. The van der Waals surface area contributed by atoms with Crippen molar-refractivity contribution in [3.63, 3.8) is 0 Å². The van der Waals surface area contributed by atoms with Gasteiger partial charge in [0, 0.05) is 5.56 Å². The van der Waals surface area contributed by atoms with Gasteiger partial charge in [-0.25, -0.2) is 0 Å². The molecule has 2 rings (SSSR count). The van der Waals surface area contributed by atoms with Gasteiger partial charge >= 0.3 is 0 Å². The van der Waals surface area contributed by atoms with Crippen LogP contribution < -0.4 is 11.5 Å². The molecule has 0 saturated carbocycles. The Balaban J connectivity index is 2.53. The van der Waals surface area contributed by atoms with Crippen LogP contribution in [0.2, 0.25) is 0 Å². The second kappa shape index (κ2) is 5.58. The minimum absolute atomic E-state index is 0.212. The lowest BCUT2D eigenvalue weighted by Crippen LogP contribution is -2.32. The van der Waals surface area contributed by atoms with E-state index in [4.69, 9.17) is 21.3 Å². The fourth-order valence-electron chi connectivity index (χ4n) is 2.19. The smallest absolute Gasteiger partial charge is 0.262 e. The van der Waals surface area contributed by atoms with E-state index in [1.54, 1.807) is 0 Å². The first-order chi connectivity index (χ1) is 9.79. The van der Waals surface area contributed by atoms with Gasteiger partial charge in [-0.2, -0.15) is 0 Å². The van der Waals surface area contributed by atoms with Crippen molar-refractivity contribution in [2.45, 2.75) is 24.4 Å². The number of nitrogens with two attached hydrogens (primary N) is 2. The maximum Gasteiger partial charge on any atom is 0.262 e. The van der Waals surface area contributed by atoms with Crippen molar-refractivity contribution in [2.24, 2.45) is 11.5 Å². The predicted octanol–water partition coefficient (Wildman–Crippen LogP) is -2.19. The van der Waals surface area contributed by atoms with Crippen LogP contribution in [-0.4, -0.2) is 57.2 Å². The number of thiophene rings is 1. The standard InChI is InChI=1S/C11H14N2O7S/c12-10(18)8-3(5(16)9(21-8)11(13)19)7-6(17)4(15)2(1-14)20-7/h2,4,6-7,14-17H,1H2,(H2,12,18)(H2,13,19)/t2-,4-,6-,7+/m1/s1. The molecule has 8 N–H and O–H groups in total. The van der Waals surface area contributed by atoms with E-state index < -0.39 is 48.6 Å². The van der Waals surface area contributed by atoms with E-state index in [0.29, 0.717) is 11.3 Å². The summed E-state index contributed by atoms with van der Waals surface area (Å²) in [6.45, 7) is -0.575. The van der Waals surface area contributed by atoms with E-state index in [2.05, 4.69) is 0 Å². The number of amides is 2. The van der Waals surface area contributed by atoms with Crippen LogP contribution >= 0.6 is 11.3 Å². The summed E-state index contributed by atoms with van der Waals surface area (Å²) in [7, 11) is 0. The van der Waals surface area contributed by atoms with Crippen LogP contribution in [0.4, 0.5) is 0 Å². The molecule has 1 aliphatic rings. The second-order valence-corrected chi connectivity index (χ2v) is 5.53. The molecule has 1 aromatic heterocycles. The zero-order chi connectivity index (χ0) is 15.9. The topological polar surface area (TPSA) is 176 Å². The molecule has 0 spiro atoms. The van der Waals surface area contributed by atoms with Gasteiger partial charge in [0.2, 0.25) is 0 Å². The number of hydrogen-bond acceptors (Lipinski definition) is 8. The molecule has 0 bridgehead atoms. The molecule has 10 heteroatoms. The van der Waals surface area contributed by atoms with Crippen LogP contribution in [0.25, 0.3) is 0 Å². The SMILES string of the molecule is NC(=O)c1sc(C(N)=O)c([C@@H]2O[C@H](CO)[C@@H](O)[C@H]2O)c1O. The fraction of sp³-hybridized carbons (Fsp3) is 0.455. The van der Waals surface area contributed by atoms with Crippen molar-refractivity contribution in [1.82, 2.24) is 0 Å². The van der Waals surface area contributed by atoms with Gasteiger partial charge in [-0.05, 0) is 0 Å². The highest BCUT2D eigenvalue weighted by Crippen LogP contribution is 2.44. The van der Waals surface area contributed by atoms with Crippen molar-refractivity contribution in [1.29, 1.82) is 0 Å². The number of carbonyl (C=O) groups excluding carboxylic acids is 2. The van der Waals surface area contributed by atoms with Gasteiger partial charge in [-0.15, -0.1) is 11.3 Å². The molecule has 2 amide bonds. The van der Waals surface area contributed by atoms with Gasteiger partial charge in [0.25, 0.3) is 11.8 Å². The van der Waals surface area contributed by atoms with Crippen molar-refractivity contribution in [2.75, 3.05) is 6.61 Å². The summed E-state index contributed by atoms with van der Waals surface area (Å²) < 4.78 is 5.22. The van der Waals surface area contributed by atoms with Crippen LogP contribution in [0.3, 0.4) is 0 Å². The molecule has 0 radical (unpaired) electrons. The first-order valence-corrected chi connectivity index (χ1v) is 6.68. The predicted molar refractivity (Wildman–Crippen MR) is 69.7 cm³/mol. The fourth-order valence-corrected chi connectivity index (χ4v) is 3.12. The Morgan fingerprint density at radius 1 is 1.14 bits per heavy atom. The van der Waals surface area contributed by atoms with Gasteiger partial charge in [0.05, 0.1) is 6.61 Å². The number of aromatic hydroxyl groups is 1. The average molecular weight is 318 g/mol. The Bertz CT molecular complexity index is 587. The number of primary amides is 2. The van der Waals surface area contributed by atoms with Crippen molar-refractivity contribution < 1.29 is 34.8 Å². The number of aliphatic hydroxyl groups excluding tert-OH is 3. The lowest BCUT2D eigenvalue weighted by atomic mass is 10.0. The highest BCUT2D eigenvalue weighted by Gasteiger charge is 2.46. The van der Waals surface area contributed by atoms with Crippen molar-refractivity contribution in [3.05, 3.63) is 15.3 Å². The molecule has 21 heavy (non-hydrogen) atoms. The summed E-state index contributed by atoms with van der Waals surface area (Å²) >= 11 is 0.567. The third kappa shape index (κ3) is 2.47. The molecule has 1 aromatic rings. The Morgan fingerprint density at radius 3 is 2.14 bits per heavy atom. The first-order valence-electron chi connectivity index (χ1n) is 5.87. The monoisotopic (exact) mass is 318 g/mol. The van der Waals surface area contributed by atoms with E-state index in [1.807, 2.05) is 0 Å². The molecule has 0 aromatic carbocycles. The Hall–Kier alpha value is -1.72. The van der Waals surface area contributed by atoms with E-state index in [1.165, 1.54) is 0 Å².